The van der Waals surface area contributed by atoms with Crippen molar-refractivity contribution in [1.29, 1.82) is 0 Å². The first kappa shape index (κ1) is 36.2. The van der Waals surface area contributed by atoms with Gasteiger partial charge in [-0.05, 0) is 108 Å². The fourth-order valence-corrected chi connectivity index (χ4v) is 5.38. The number of hydrogen-bond acceptors (Lipinski definition) is 8. The van der Waals surface area contributed by atoms with E-state index in [-0.39, 0.29) is 30.0 Å². The average molecular weight is 633 g/mol. The van der Waals surface area contributed by atoms with Crippen molar-refractivity contribution in [2.75, 3.05) is 26.0 Å². The third kappa shape index (κ3) is 10.1. The van der Waals surface area contributed by atoms with E-state index in [1.807, 2.05) is 69.6 Å². The van der Waals surface area contributed by atoms with E-state index in [1.165, 1.54) is 0 Å². The molecule has 1 fully saturated rings. The van der Waals surface area contributed by atoms with Gasteiger partial charge in [-0.1, -0.05) is 44.0 Å². The molecular weight excluding hydrogens is 580 g/mol. The van der Waals surface area contributed by atoms with Crippen LogP contribution in [0.5, 0.6) is 5.75 Å². The fourth-order valence-electron chi connectivity index (χ4n) is 5.38. The van der Waals surface area contributed by atoms with E-state index in [1.54, 1.807) is 13.0 Å². The third-order valence-corrected chi connectivity index (χ3v) is 8.54. The fraction of sp³-hybridized carbons (Fsp3) is 0.472. The number of hydrogen-bond donors (Lipinski definition) is 5. The molecule has 2 amide bonds. The number of anilines is 1. The maximum Gasteiger partial charge on any atom is 0.246 e. The van der Waals surface area contributed by atoms with Crippen molar-refractivity contribution < 1.29 is 19.1 Å². The molecule has 250 valence electrons. The number of benzene rings is 2. The van der Waals surface area contributed by atoms with Crippen molar-refractivity contribution in [2.24, 2.45) is 22.6 Å². The first-order valence-electron chi connectivity index (χ1n) is 16.3. The third-order valence-electron chi connectivity index (χ3n) is 8.54. The molecule has 0 bridgehead atoms. The molecule has 10 heteroatoms. The van der Waals surface area contributed by atoms with Crippen molar-refractivity contribution in [2.45, 2.75) is 84.3 Å². The number of ether oxygens (including phenoxy) is 1. The van der Waals surface area contributed by atoms with Crippen molar-refractivity contribution in [1.82, 2.24) is 10.2 Å². The highest BCUT2D eigenvalue weighted by atomic mass is 16.5. The normalized spacial score (nSPS) is 14.6. The number of carbonyl (C=O) groups excluding carboxylic acids is 3. The Kier molecular flexibility index (Phi) is 13.7. The Hall–Kier alpha value is -4.31. The molecule has 0 saturated heterocycles. The van der Waals surface area contributed by atoms with Gasteiger partial charge in [0.15, 0.2) is 0 Å². The van der Waals surface area contributed by atoms with Crippen molar-refractivity contribution in [3.63, 3.8) is 0 Å². The van der Waals surface area contributed by atoms with E-state index in [9.17, 15) is 14.4 Å². The van der Waals surface area contributed by atoms with Gasteiger partial charge in [0, 0.05) is 23.4 Å². The lowest BCUT2D eigenvalue weighted by Crippen LogP contribution is -2.55. The quantitative estimate of drug-likeness (QED) is 0.0888. The Morgan fingerprint density at radius 2 is 1.70 bits per heavy atom. The molecule has 8 N–H and O–H groups in total. The van der Waals surface area contributed by atoms with Crippen LogP contribution in [-0.4, -0.2) is 49.2 Å². The van der Waals surface area contributed by atoms with Crippen LogP contribution in [0.2, 0.25) is 0 Å². The highest BCUT2D eigenvalue weighted by molar-refractivity contribution is 6.08. The molecule has 2 aromatic carbocycles. The van der Waals surface area contributed by atoms with Gasteiger partial charge in [-0.25, -0.2) is 0 Å². The van der Waals surface area contributed by atoms with Crippen LogP contribution in [0.25, 0.3) is 5.70 Å². The molecule has 1 unspecified atom stereocenters. The highest BCUT2D eigenvalue weighted by Gasteiger charge is 2.50. The lowest BCUT2D eigenvalue weighted by molar-refractivity contribution is -0.149. The number of allylic oxidation sites excluding steroid dienone is 2. The summed E-state index contributed by atoms with van der Waals surface area (Å²) in [6, 6.07) is 14.1. The lowest BCUT2D eigenvalue weighted by atomic mass is 9.64. The summed E-state index contributed by atoms with van der Waals surface area (Å²) < 4.78 is 6.09. The van der Waals surface area contributed by atoms with E-state index in [0.29, 0.717) is 48.4 Å². The molecule has 10 nitrogen and oxygen atoms in total. The molecule has 0 aliphatic heterocycles. The zero-order chi connectivity index (χ0) is 33.7. The molecule has 3 rings (SSSR count). The van der Waals surface area contributed by atoms with Crippen molar-refractivity contribution >= 4 is 29.0 Å². The number of nitrogens with one attached hydrogen (secondary N) is 2. The molecule has 2 aromatic rings. The van der Waals surface area contributed by atoms with Crippen LogP contribution in [0.3, 0.4) is 0 Å². The predicted octanol–water partition coefficient (Wildman–Crippen LogP) is 4.80. The number of carbonyl (C=O) groups is 3. The van der Waals surface area contributed by atoms with Gasteiger partial charge in [0.1, 0.15) is 29.6 Å². The zero-order valence-corrected chi connectivity index (χ0v) is 27.9. The van der Waals surface area contributed by atoms with Crippen LogP contribution in [0.4, 0.5) is 5.69 Å². The maximum absolute atomic E-state index is 13.5. The molecule has 1 aliphatic rings. The summed E-state index contributed by atoms with van der Waals surface area (Å²) in [4.78, 5) is 42.1. The lowest BCUT2D eigenvalue weighted by Gasteiger charge is -2.39. The molecular formula is C36H52N6O4. The minimum Gasteiger partial charge on any atom is -0.488 e. The van der Waals surface area contributed by atoms with Gasteiger partial charge >= 0.3 is 0 Å². The van der Waals surface area contributed by atoms with Gasteiger partial charge in [-0.15, -0.1) is 0 Å². The van der Waals surface area contributed by atoms with Crippen LogP contribution in [0, 0.1) is 5.41 Å². The standard InChI is InChI=1S/C36H52N6O4/c1-5-6-15-32(43)36(20-11-21-36)35(45)41-30(13-9-10-22-42(3)4)34(44)40-27-18-16-26(17-19-27)24-46-31-14-8-7-12-28(31)29(37)23-25(2)33(38)39/h7-8,12,14,16-19,23,30H,5-6,9-11,13,15,20-22,24,37-39H2,1-4H3,(H,40,44)(H,41,45)/b29-23-. The first-order chi connectivity index (χ1) is 22.0. The second-order valence-corrected chi connectivity index (χ2v) is 12.5. The summed E-state index contributed by atoms with van der Waals surface area (Å²) in [6.45, 7) is 4.99. The first-order valence-corrected chi connectivity index (χ1v) is 16.3. The van der Waals surface area contributed by atoms with E-state index < -0.39 is 11.5 Å². The Bertz CT molecular complexity index is 1390. The molecule has 1 aliphatic carbocycles. The summed E-state index contributed by atoms with van der Waals surface area (Å²) in [7, 11) is 4.01. The van der Waals surface area contributed by atoms with Gasteiger partial charge < -0.3 is 37.5 Å². The highest BCUT2D eigenvalue weighted by Crippen LogP contribution is 2.43. The summed E-state index contributed by atoms with van der Waals surface area (Å²) >= 11 is 0. The maximum atomic E-state index is 13.5. The molecule has 0 spiro atoms. The monoisotopic (exact) mass is 632 g/mol. The van der Waals surface area contributed by atoms with Gasteiger partial charge in [0.25, 0.3) is 0 Å². The summed E-state index contributed by atoms with van der Waals surface area (Å²) in [5, 5.41) is 5.93. The van der Waals surface area contributed by atoms with E-state index in [0.717, 1.165) is 49.8 Å². The van der Waals surface area contributed by atoms with Crippen LogP contribution >= 0.6 is 0 Å². The SMILES string of the molecule is CCCCC(=O)C1(C(=O)NC(CCCCN(C)C)C(=O)Nc2ccc(COc3ccccc3/C(N)=C/C(C)=C(N)N)cc2)CCC1. The number of rotatable bonds is 18. The number of ketones is 1. The molecule has 0 radical (unpaired) electrons. The molecule has 1 atom stereocenters. The molecule has 1 saturated carbocycles. The minimum atomic E-state index is -0.995. The van der Waals surface area contributed by atoms with Gasteiger partial charge in [-0.3, -0.25) is 14.4 Å². The van der Waals surface area contributed by atoms with Crippen molar-refractivity contribution in [3.05, 3.63) is 77.1 Å². The van der Waals surface area contributed by atoms with Gasteiger partial charge in [0.05, 0.1) is 5.82 Å². The Morgan fingerprint density at radius 1 is 1.00 bits per heavy atom. The number of amides is 2. The van der Waals surface area contributed by atoms with E-state index >= 15 is 0 Å². The number of Topliss-reactive ketones (excluding diaryl/α,β-unsaturated/α-hetero) is 1. The van der Waals surface area contributed by atoms with Gasteiger partial charge in [-0.2, -0.15) is 0 Å². The zero-order valence-electron chi connectivity index (χ0n) is 27.9. The van der Waals surface area contributed by atoms with Crippen molar-refractivity contribution in [3.8, 4) is 5.75 Å². The van der Waals surface area contributed by atoms with Gasteiger partial charge in [0.2, 0.25) is 11.8 Å². The summed E-state index contributed by atoms with van der Waals surface area (Å²) in [6.07, 6.45) is 7.86. The second-order valence-electron chi connectivity index (χ2n) is 12.5. The number of unbranched alkanes of at least 4 members (excludes halogenated alkanes) is 2. The average Bonchev–Trinajstić information content (AvgIpc) is 3.00. The van der Waals surface area contributed by atoms with E-state index in [2.05, 4.69) is 15.5 Å². The smallest absolute Gasteiger partial charge is 0.246 e. The van der Waals surface area contributed by atoms with Crippen LogP contribution in [0.15, 0.2) is 66.0 Å². The largest absolute Gasteiger partial charge is 0.488 e. The minimum absolute atomic E-state index is 0.00351. The van der Waals surface area contributed by atoms with Crippen LogP contribution < -0.4 is 32.6 Å². The Balaban J connectivity index is 1.66. The molecule has 0 aromatic heterocycles. The van der Waals surface area contributed by atoms with E-state index in [4.69, 9.17) is 21.9 Å². The number of nitrogens with zero attached hydrogens (tertiary/aromatic N) is 1. The Labute approximate surface area is 273 Å². The summed E-state index contributed by atoms with van der Waals surface area (Å²) in [5.74, 6) is 0.203. The summed E-state index contributed by atoms with van der Waals surface area (Å²) in [5.41, 5.74) is 20.0. The predicted molar refractivity (Wildman–Crippen MR) is 184 cm³/mol. The second kappa shape index (κ2) is 17.4. The molecule has 46 heavy (non-hydrogen) atoms. The topological polar surface area (TPSA) is 166 Å². The number of para-hydroxylation sites is 1. The van der Waals surface area contributed by atoms with Crippen LogP contribution in [-0.2, 0) is 21.0 Å². The molecule has 0 heterocycles. The van der Waals surface area contributed by atoms with Crippen LogP contribution in [0.1, 0.15) is 82.8 Å². The number of nitrogens with two attached hydrogens (primary N) is 3. The Morgan fingerprint density at radius 3 is 2.30 bits per heavy atom.